The number of aromatic nitrogens is 5. The van der Waals surface area contributed by atoms with Crippen LogP contribution in [0.2, 0.25) is 0 Å². The minimum atomic E-state index is 0.692. The molecule has 0 atom stereocenters. The van der Waals surface area contributed by atoms with E-state index in [1.54, 1.807) is 0 Å². The lowest BCUT2D eigenvalue weighted by atomic mass is 9.93. The fourth-order valence-electron chi connectivity index (χ4n) is 5.98. The molecule has 2 saturated heterocycles. The predicted octanol–water partition coefficient (Wildman–Crippen LogP) is 4.95. The van der Waals surface area contributed by atoms with Crippen molar-refractivity contribution >= 4 is 40.6 Å². The van der Waals surface area contributed by atoms with Crippen LogP contribution in [-0.2, 0) is 0 Å². The summed E-state index contributed by atoms with van der Waals surface area (Å²) >= 11 is 0. The molecule has 0 unspecified atom stereocenters. The van der Waals surface area contributed by atoms with Crippen molar-refractivity contribution in [3.05, 3.63) is 71.3 Å². The molecule has 212 valence electrons. The van der Waals surface area contributed by atoms with Crippen LogP contribution < -0.4 is 26.1 Å². The van der Waals surface area contributed by atoms with Gasteiger partial charge in [0.15, 0.2) is 0 Å². The highest BCUT2D eigenvalue weighted by molar-refractivity contribution is 5.94. The Balaban J connectivity index is 1.19. The van der Waals surface area contributed by atoms with Gasteiger partial charge in [0.05, 0.1) is 28.4 Å². The normalized spacial score (nSPS) is 17.3. The molecule has 8 nitrogen and oxygen atoms in total. The highest BCUT2D eigenvalue weighted by atomic mass is 15.2. The molecule has 4 aromatic heterocycles. The number of H-pyrrole nitrogens is 2. The molecule has 0 radical (unpaired) electrons. The van der Waals surface area contributed by atoms with Crippen LogP contribution in [0.1, 0.15) is 51.0 Å². The van der Waals surface area contributed by atoms with E-state index in [1.165, 1.54) is 32.1 Å². The van der Waals surface area contributed by atoms with Crippen LogP contribution in [0.4, 0.5) is 11.5 Å². The summed E-state index contributed by atoms with van der Waals surface area (Å²) in [4.78, 5) is 15.1. The Labute approximate surface area is 241 Å². The molecular weight excluding hydrogens is 508 g/mol. The summed E-state index contributed by atoms with van der Waals surface area (Å²) in [5.74, 6) is 1.74. The predicted molar refractivity (Wildman–Crippen MR) is 170 cm³/mol. The molecule has 4 N–H and O–H groups in total. The Bertz CT molecular complexity index is 1660. The van der Waals surface area contributed by atoms with Crippen LogP contribution in [0.25, 0.3) is 40.5 Å². The summed E-state index contributed by atoms with van der Waals surface area (Å²) in [7, 11) is 0. The van der Waals surface area contributed by atoms with Gasteiger partial charge in [0.1, 0.15) is 11.5 Å². The standard InChI is InChI=1S/C33H40N8/c1-22(26-18-27(21-35-20-26)37-23(2)17-25-9-12-34-13-10-25)7-8-29-24(3)32(40-39-29)31-19-28-30(38-31)11-14-36-33(28)41-15-5-4-6-16-41/h7-8,11,14,18-21,25,34,37-39H,2-6,9-10,12-13,15-17H2,1H3/b22-7+,29-8+. The third-order valence-electron chi connectivity index (χ3n) is 8.35. The second-order valence-electron chi connectivity index (χ2n) is 11.4. The number of pyridine rings is 2. The van der Waals surface area contributed by atoms with Crippen molar-refractivity contribution in [1.29, 1.82) is 0 Å². The average molecular weight is 549 g/mol. The number of nitrogens with one attached hydrogen (secondary N) is 4. The molecule has 6 heterocycles. The maximum Gasteiger partial charge on any atom is 0.137 e. The quantitative estimate of drug-likeness (QED) is 0.249. The van der Waals surface area contributed by atoms with Gasteiger partial charge in [-0.15, -0.1) is 0 Å². The second-order valence-corrected chi connectivity index (χ2v) is 11.4. The third-order valence-corrected chi connectivity index (χ3v) is 8.35. The molecule has 8 heteroatoms. The summed E-state index contributed by atoms with van der Waals surface area (Å²) in [6.07, 6.45) is 16.9. The first-order valence-electron chi connectivity index (χ1n) is 14.8. The largest absolute Gasteiger partial charge is 0.358 e. The van der Waals surface area contributed by atoms with E-state index in [1.807, 2.05) is 30.7 Å². The third kappa shape index (κ3) is 6.12. The average Bonchev–Trinajstić information content (AvgIpc) is 3.60. The monoisotopic (exact) mass is 548 g/mol. The van der Waals surface area contributed by atoms with Gasteiger partial charge < -0.3 is 20.5 Å². The molecule has 6 rings (SSSR count). The van der Waals surface area contributed by atoms with Crippen molar-refractivity contribution in [2.75, 3.05) is 36.4 Å². The number of fused-ring (bicyclic) bond motifs is 1. The van der Waals surface area contributed by atoms with Gasteiger partial charge in [-0.25, -0.2) is 4.98 Å². The van der Waals surface area contributed by atoms with E-state index in [0.29, 0.717) is 5.92 Å². The van der Waals surface area contributed by atoms with E-state index in [9.17, 15) is 0 Å². The fourth-order valence-corrected chi connectivity index (χ4v) is 5.98. The molecule has 4 aromatic rings. The van der Waals surface area contributed by atoms with E-state index in [0.717, 1.165) is 93.8 Å². The van der Waals surface area contributed by atoms with Crippen LogP contribution in [0.3, 0.4) is 0 Å². The van der Waals surface area contributed by atoms with Crippen LogP contribution in [0.5, 0.6) is 0 Å². The van der Waals surface area contributed by atoms with Gasteiger partial charge in [-0.05, 0) is 99.9 Å². The first-order chi connectivity index (χ1) is 20.0. The summed E-state index contributed by atoms with van der Waals surface area (Å²) in [6.45, 7) is 15.0. The summed E-state index contributed by atoms with van der Waals surface area (Å²) in [5, 5.41) is 17.6. The Morgan fingerprint density at radius 1 is 1.15 bits per heavy atom. The van der Waals surface area contributed by atoms with Gasteiger partial charge in [0.2, 0.25) is 0 Å². The van der Waals surface area contributed by atoms with Crippen molar-refractivity contribution in [2.45, 2.75) is 45.4 Å². The van der Waals surface area contributed by atoms with Crippen molar-refractivity contribution in [1.82, 2.24) is 30.5 Å². The number of anilines is 2. The number of allylic oxidation sites excluding steroid dienone is 3. The van der Waals surface area contributed by atoms with Crippen LogP contribution in [-0.4, -0.2) is 51.3 Å². The molecule has 2 aliphatic rings. The van der Waals surface area contributed by atoms with Gasteiger partial charge in [0.25, 0.3) is 0 Å². The molecular formula is C33H40N8. The minimum absolute atomic E-state index is 0.692. The maximum absolute atomic E-state index is 4.72. The lowest BCUT2D eigenvalue weighted by Crippen LogP contribution is -2.30. The van der Waals surface area contributed by atoms with Crippen LogP contribution >= 0.6 is 0 Å². The Morgan fingerprint density at radius 2 is 1.98 bits per heavy atom. The number of rotatable bonds is 8. The van der Waals surface area contributed by atoms with Crippen molar-refractivity contribution in [3.8, 4) is 11.4 Å². The fraction of sp³-hybridized carbons (Fsp3) is 0.364. The molecule has 0 aromatic carbocycles. The van der Waals surface area contributed by atoms with Gasteiger partial charge >= 0.3 is 0 Å². The molecule has 0 spiro atoms. The number of nitrogens with zero attached hydrogens (tertiary/aromatic N) is 4. The first-order valence-corrected chi connectivity index (χ1v) is 14.8. The highest BCUT2D eigenvalue weighted by Crippen LogP contribution is 2.29. The molecule has 41 heavy (non-hydrogen) atoms. The molecule has 2 fully saturated rings. The van der Waals surface area contributed by atoms with E-state index in [4.69, 9.17) is 4.98 Å². The second kappa shape index (κ2) is 12.1. The summed E-state index contributed by atoms with van der Waals surface area (Å²) in [6, 6.07) is 6.31. The van der Waals surface area contributed by atoms with Crippen LogP contribution in [0.15, 0.2) is 55.1 Å². The number of piperidine rings is 2. The van der Waals surface area contributed by atoms with Crippen molar-refractivity contribution < 1.29 is 0 Å². The lowest BCUT2D eigenvalue weighted by Gasteiger charge is -2.28. The molecule has 0 saturated carbocycles. The molecule has 0 aliphatic carbocycles. The lowest BCUT2D eigenvalue weighted by molar-refractivity contribution is 0.373. The summed E-state index contributed by atoms with van der Waals surface area (Å²) < 4.78 is 0. The van der Waals surface area contributed by atoms with E-state index >= 15 is 0 Å². The zero-order valence-corrected chi connectivity index (χ0v) is 24.0. The minimum Gasteiger partial charge on any atom is -0.358 e. The number of hydrogen-bond acceptors (Lipinski definition) is 6. The number of hydrogen-bond donors (Lipinski definition) is 4. The zero-order chi connectivity index (χ0) is 28.2. The first kappa shape index (κ1) is 27.0. The molecule has 2 aliphatic heterocycles. The smallest absolute Gasteiger partial charge is 0.137 e. The molecule has 0 bridgehead atoms. The van der Waals surface area contributed by atoms with Crippen LogP contribution in [0, 0.1) is 5.92 Å². The van der Waals surface area contributed by atoms with Gasteiger partial charge in [-0.1, -0.05) is 19.2 Å². The van der Waals surface area contributed by atoms with Gasteiger partial charge in [-0.3, -0.25) is 10.1 Å². The topological polar surface area (TPSA) is 97.5 Å². The van der Waals surface area contributed by atoms with E-state index in [-0.39, 0.29) is 0 Å². The van der Waals surface area contributed by atoms with Gasteiger partial charge in [0, 0.05) is 41.8 Å². The zero-order valence-electron chi connectivity index (χ0n) is 24.0. The maximum atomic E-state index is 4.72. The SMILES string of the molecule is C=C(CC1CCNCC1)Nc1cncc(/C(C)=C/C=c2/[nH]nc(-c3cc4c(N5CCCCC5)nccc4[nH]3)c2=C)c1. The van der Waals surface area contributed by atoms with Crippen molar-refractivity contribution in [2.24, 2.45) is 5.92 Å². The Kier molecular flexibility index (Phi) is 8.00. The Morgan fingerprint density at radius 3 is 2.80 bits per heavy atom. The van der Waals surface area contributed by atoms with E-state index < -0.39 is 0 Å². The van der Waals surface area contributed by atoms with E-state index in [2.05, 4.69) is 74.0 Å². The summed E-state index contributed by atoms with van der Waals surface area (Å²) in [5.41, 5.74) is 7.00. The van der Waals surface area contributed by atoms with Gasteiger partial charge in [-0.2, -0.15) is 5.10 Å². The van der Waals surface area contributed by atoms with Crippen molar-refractivity contribution in [3.63, 3.8) is 0 Å². The number of aromatic amines is 2. The molecule has 0 amide bonds. The Hall–Kier alpha value is -4.17. The highest BCUT2D eigenvalue weighted by Gasteiger charge is 2.18.